The number of amides is 1. The Hall–Kier alpha value is -2.21. The fourth-order valence-electron chi connectivity index (χ4n) is 1.62. The van der Waals surface area contributed by atoms with E-state index in [4.69, 9.17) is 0 Å². The van der Waals surface area contributed by atoms with Crippen molar-refractivity contribution in [1.29, 1.82) is 0 Å². The van der Waals surface area contributed by atoms with Crippen LogP contribution in [0.15, 0.2) is 22.5 Å². The third-order valence-corrected chi connectivity index (χ3v) is 4.60. The highest BCUT2D eigenvalue weighted by molar-refractivity contribution is 8.01. The number of aromatic nitrogens is 2. The number of anilines is 1. The third kappa shape index (κ3) is 4.64. The second kappa shape index (κ2) is 7.13. The summed E-state index contributed by atoms with van der Waals surface area (Å²) in [5, 5.41) is 21.4. The first kappa shape index (κ1) is 18.1. The predicted molar refractivity (Wildman–Crippen MR) is 82.1 cm³/mol. The zero-order valence-corrected chi connectivity index (χ0v) is 13.6. The number of nitro groups is 1. The van der Waals surface area contributed by atoms with Crippen molar-refractivity contribution in [3.05, 3.63) is 38.9 Å². The van der Waals surface area contributed by atoms with Crippen LogP contribution < -0.4 is 5.32 Å². The number of carbonyl (C=O) groups is 1. The van der Waals surface area contributed by atoms with Gasteiger partial charge in [-0.3, -0.25) is 14.9 Å². The Bertz CT molecular complexity index is 779. The molecule has 12 heteroatoms. The molecular weight excluding hydrogens is 369 g/mol. The van der Waals surface area contributed by atoms with Gasteiger partial charge in [0.15, 0.2) is 4.34 Å². The summed E-state index contributed by atoms with van der Waals surface area (Å²) in [5.74, 6) is -0.706. The largest absolute Gasteiger partial charge is 0.416 e. The van der Waals surface area contributed by atoms with Gasteiger partial charge < -0.3 is 5.32 Å². The van der Waals surface area contributed by atoms with E-state index in [2.05, 4.69) is 15.5 Å². The summed E-state index contributed by atoms with van der Waals surface area (Å²) < 4.78 is 38.4. The van der Waals surface area contributed by atoms with Crippen molar-refractivity contribution in [3.63, 3.8) is 0 Å². The van der Waals surface area contributed by atoms with E-state index in [1.54, 1.807) is 6.92 Å². The predicted octanol–water partition coefficient (Wildman–Crippen LogP) is 3.50. The highest BCUT2D eigenvalue weighted by Crippen LogP contribution is 2.35. The van der Waals surface area contributed by atoms with Crippen molar-refractivity contribution in [2.24, 2.45) is 0 Å². The minimum Gasteiger partial charge on any atom is -0.320 e. The first-order chi connectivity index (χ1) is 11.2. The lowest BCUT2D eigenvalue weighted by molar-refractivity contribution is -0.384. The quantitative estimate of drug-likeness (QED) is 0.486. The van der Waals surface area contributed by atoms with Crippen molar-refractivity contribution in [2.45, 2.75) is 17.4 Å². The Balaban J connectivity index is 2.10. The standard InChI is InChI=1S/C12H9F3N4O3S2/c1-6-17-18-11(24-6)23-5-10(20)16-8-3-2-7(12(13,14)15)4-9(8)19(21)22/h2-4H,5H2,1H3,(H,16,20). The number of hydrogen-bond acceptors (Lipinski definition) is 7. The smallest absolute Gasteiger partial charge is 0.320 e. The molecule has 0 aliphatic rings. The van der Waals surface area contributed by atoms with Gasteiger partial charge in [0.2, 0.25) is 5.91 Å². The van der Waals surface area contributed by atoms with Crippen LogP contribution in [-0.4, -0.2) is 26.8 Å². The molecule has 1 aromatic heterocycles. The van der Waals surface area contributed by atoms with E-state index in [1.165, 1.54) is 11.3 Å². The lowest BCUT2D eigenvalue weighted by atomic mass is 10.1. The minimum atomic E-state index is -4.71. The Labute approximate surface area is 141 Å². The highest BCUT2D eigenvalue weighted by atomic mass is 32.2. The number of nitrogens with one attached hydrogen (secondary N) is 1. The number of carbonyl (C=O) groups excluding carboxylic acids is 1. The van der Waals surface area contributed by atoms with Gasteiger partial charge >= 0.3 is 6.18 Å². The number of aryl methyl sites for hydroxylation is 1. The molecule has 1 amide bonds. The van der Waals surface area contributed by atoms with Gasteiger partial charge in [0, 0.05) is 6.07 Å². The molecule has 0 radical (unpaired) electrons. The molecule has 2 rings (SSSR count). The molecule has 1 heterocycles. The Morgan fingerprint density at radius 2 is 2.12 bits per heavy atom. The van der Waals surface area contributed by atoms with E-state index in [-0.39, 0.29) is 11.4 Å². The number of rotatable bonds is 5. The molecule has 0 bridgehead atoms. The molecule has 7 nitrogen and oxygen atoms in total. The zero-order chi connectivity index (χ0) is 17.9. The Morgan fingerprint density at radius 3 is 2.67 bits per heavy atom. The van der Waals surface area contributed by atoms with Gasteiger partial charge in [-0.1, -0.05) is 23.1 Å². The number of nitro benzene ring substituents is 1. The van der Waals surface area contributed by atoms with E-state index < -0.39 is 28.3 Å². The van der Waals surface area contributed by atoms with Crippen molar-refractivity contribution in [3.8, 4) is 0 Å². The second-order valence-electron chi connectivity index (χ2n) is 4.41. The molecule has 0 atom stereocenters. The fourth-order valence-corrected chi connectivity index (χ4v) is 3.23. The molecule has 0 fully saturated rings. The average molecular weight is 378 g/mol. The number of alkyl halides is 3. The summed E-state index contributed by atoms with van der Waals surface area (Å²) in [4.78, 5) is 21.8. The topological polar surface area (TPSA) is 98.0 Å². The molecule has 0 aliphatic carbocycles. The van der Waals surface area contributed by atoms with Gasteiger partial charge in [0.25, 0.3) is 5.69 Å². The van der Waals surface area contributed by atoms with Crippen LogP contribution in [-0.2, 0) is 11.0 Å². The lowest BCUT2D eigenvalue weighted by Gasteiger charge is -2.09. The number of hydrogen-bond donors (Lipinski definition) is 1. The van der Waals surface area contributed by atoms with Crippen molar-refractivity contribution in [2.75, 3.05) is 11.1 Å². The van der Waals surface area contributed by atoms with Gasteiger partial charge in [0.1, 0.15) is 10.7 Å². The highest BCUT2D eigenvalue weighted by Gasteiger charge is 2.33. The van der Waals surface area contributed by atoms with E-state index in [9.17, 15) is 28.1 Å². The zero-order valence-electron chi connectivity index (χ0n) is 12.0. The maximum atomic E-state index is 12.6. The van der Waals surface area contributed by atoms with Crippen molar-refractivity contribution < 1.29 is 22.9 Å². The molecule has 0 aliphatic heterocycles. The Kier molecular flexibility index (Phi) is 5.39. The van der Waals surface area contributed by atoms with Crippen LogP contribution in [0.1, 0.15) is 10.6 Å². The average Bonchev–Trinajstić information content (AvgIpc) is 2.90. The van der Waals surface area contributed by atoms with E-state index in [0.29, 0.717) is 16.5 Å². The fraction of sp³-hybridized carbons (Fsp3) is 0.250. The molecule has 0 unspecified atom stereocenters. The summed E-state index contributed by atoms with van der Waals surface area (Å²) in [6.07, 6.45) is -4.71. The van der Waals surface area contributed by atoms with Gasteiger partial charge in [-0.15, -0.1) is 10.2 Å². The van der Waals surface area contributed by atoms with Crippen molar-refractivity contribution in [1.82, 2.24) is 10.2 Å². The maximum absolute atomic E-state index is 12.6. The summed E-state index contributed by atoms with van der Waals surface area (Å²) in [6, 6.07) is 1.92. The number of nitrogens with zero attached hydrogens (tertiary/aromatic N) is 3. The molecule has 0 saturated carbocycles. The van der Waals surface area contributed by atoms with Crippen LogP contribution in [0, 0.1) is 17.0 Å². The summed E-state index contributed by atoms with van der Waals surface area (Å²) >= 11 is 2.35. The lowest BCUT2D eigenvalue weighted by Crippen LogP contribution is -2.16. The first-order valence-electron chi connectivity index (χ1n) is 6.25. The summed E-state index contributed by atoms with van der Waals surface area (Å²) in [5.41, 5.74) is -2.28. The second-order valence-corrected chi connectivity index (χ2v) is 6.81. The van der Waals surface area contributed by atoms with Crippen LogP contribution in [0.25, 0.3) is 0 Å². The van der Waals surface area contributed by atoms with E-state index >= 15 is 0 Å². The van der Waals surface area contributed by atoms with Crippen LogP contribution in [0.5, 0.6) is 0 Å². The Morgan fingerprint density at radius 1 is 1.42 bits per heavy atom. The van der Waals surface area contributed by atoms with Gasteiger partial charge in [0.05, 0.1) is 16.2 Å². The third-order valence-electron chi connectivity index (χ3n) is 2.63. The number of halogens is 3. The van der Waals surface area contributed by atoms with Gasteiger partial charge in [-0.25, -0.2) is 0 Å². The van der Waals surface area contributed by atoms with Crippen molar-refractivity contribution >= 4 is 40.4 Å². The maximum Gasteiger partial charge on any atom is 0.416 e. The normalized spacial score (nSPS) is 11.3. The number of thioether (sulfide) groups is 1. The van der Waals surface area contributed by atoms with Gasteiger partial charge in [-0.2, -0.15) is 13.2 Å². The molecular formula is C12H9F3N4O3S2. The van der Waals surface area contributed by atoms with E-state index in [1.807, 2.05) is 0 Å². The van der Waals surface area contributed by atoms with Crippen LogP contribution in [0.2, 0.25) is 0 Å². The molecule has 1 N–H and O–H groups in total. The summed E-state index contributed by atoms with van der Waals surface area (Å²) in [7, 11) is 0. The van der Waals surface area contributed by atoms with Gasteiger partial charge in [-0.05, 0) is 19.1 Å². The molecule has 0 spiro atoms. The number of benzene rings is 1. The molecule has 24 heavy (non-hydrogen) atoms. The monoisotopic (exact) mass is 378 g/mol. The minimum absolute atomic E-state index is 0.104. The summed E-state index contributed by atoms with van der Waals surface area (Å²) in [6.45, 7) is 1.74. The van der Waals surface area contributed by atoms with Crippen LogP contribution >= 0.6 is 23.1 Å². The molecule has 128 valence electrons. The molecule has 2 aromatic rings. The first-order valence-corrected chi connectivity index (χ1v) is 8.05. The van der Waals surface area contributed by atoms with Crippen LogP contribution in [0.3, 0.4) is 0 Å². The SMILES string of the molecule is Cc1nnc(SCC(=O)Nc2ccc(C(F)(F)F)cc2[N+](=O)[O-])s1. The molecule has 0 saturated heterocycles. The molecule has 1 aromatic carbocycles. The van der Waals surface area contributed by atoms with Crippen LogP contribution in [0.4, 0.5) is 24.5 Å². The van der Waals surface area contributed by atoms with E-state index in [0.717, 1.165) is 22.8 Å².